The van der Waals surface area contributed by atoms with Gasteiger partial charge in [-0.25, -0.2) is 4.98 Å². The summed E-state index contributed by atoms with van der Waals surface area (Å²) in [4.78, 5) is 19.6. The third-order valence-corrected chi connectivity index (χ3v) is 5.66. The van der Waals surface area contributed by atoms with Gasteiger partial charge in [0.15, 0.2) is 0 Å². The number of carbonyl (C=O) groups is 1. The van der Waals surface area contributed by atoms with Gasteiger partial charge in [0.25, 0.3) is 0 Å². The molecule has 0 spiro atoms. The smallest absolute Gasteiger partial charge is 0.247 e. The van der Waals surface area contributed by atoms with Gasteiger partial charge < -0.3 is 14.8 Å². The molecule has 28 heavy (non-hydrogen) atoms. The largest absolute Gasteiger partial charge is 0.352 e. The normalized spacial score (nSPS) is 17.9. The van der Waals surface area contributed by atoms with Crippen LogP contribution in [0, 0.1) is 6.92 Å². The lowest BCUT2D eigenvalue weighted by molar-refractivity contribution is -0.119. The number of nitrogens with zero attached hydrogens (tertiary/aromatic N) is 5. The van der Waals surface area contributed by atoms with Crippen molar-refractivity contribution in [3.05, 3.63) is 65.4 Å². The lowest BCUT2D eigenvalue weighted by atomic mass is 10.00. The molecule has 0 fully saturated rings. The topological polar surface area (TPSA) is 75.9 Å². The maximum atomic E-state index is 12.9. The maximum absolute atomic E-state index is 12.9. The predicted molar refractivity (Wildman–Crippen MR) is 106 cm³/mol. The van der Waals surface area contributed by atoms with Crippen LogP contribution in [0.15, 0.2) is 42.6 Å². The lowest BCUT2D eigenvalue weighted by Crippen LogP contribution is -2.31. The van der Waals surface area contributed by atoms with E-state index in [1.54, 1.807) is 6.20 Å². The molecule has 2 aliphatic rings. The summed E-state index contributed by atoms with van der Waals surface area (Å²) in [6, 6.07) is 12.1. The van der Waals surface area contributed by atoms with Crippen molar-refractivity contribution in [1.29, 1.82) is 0 Å². The molecule has 1 N–H and O–H groups in total. The molecular weight excluding hydrogens is 352 g/mol. The van der Waals surface area contributed by atoms with E-state index >= 15 is 0 Å². The first-order valence-corrected chi connectivity index (χ1v) is 9.68. The Labute approximate surface area is 163 Å². The second-order valence-electron chi connectivity index (χ2n) is 7.42. The van der Waals surface area contributed by atoms with Gasteiger partial charge in [0.2, 0.25) is 5.91 Å². The molecular formula is C21H22N6O. The number of nitrogens with one attached hydrogen (secondary N) is 1. The number of aryl methyl sites for hydroxylation is 2. The van der Waals surface area contributed by atoms with Crippen LogP contribution >= 0.6 is 0 Å². The van der Waals surface area contributed by atoms with Crippen LogP contribution in [0.2, 0.25) is 0 Å². The van der Waals surface area contributed by atoms with Gasteiger partial charge >= 0.3 is 0 Å². The van der Waals surface area contributed by atoms with Crippen molar-refractivity contribution in [3.8, 4) is 0 Å². The molecule has 1 amide bonds. The quantitative estimate of drug-likeness (QED) is 0.763. The number of hydrogen-bond acceptors (Lipinski definition) is 5. The van der Waals surface area contributed by atoms with Crippen LogP contribution in [0.25, 0.3) is 0 Å². The van der Waals surface area contributed by atoms with Crippen molar-refractivity contribution in [2.75, 3.05) is 16.8 Å². The lowest BCUT2D eigenvalue weighted by Gasteiger charge is -2.30. The molecule has 1 unspecified atom stereocenters. The second kappa shape index (κ2) is 6.74. The van der Waals surface area contributed by atoms with E-state index in [1.807, 2.05) is 23.6 Å². The first-order valence-electron chi connectivity index (χ1n) is 9.68. The number of benzene rings is 1. The molecule has 0 radical (unpaired) electrons. The van der Waals surface area contributed by atoms with Crippen molar-refractivity contribution < 1.29 is 4.79 Å². The van der Waals surface area contributed by atoms with E-state index < -0.39 is 0 Å². The van der Waals surface area contributed by atoms with Crippen LogP contribution in [-0.2, 0) is 24.2 Å². The van der Waals surface area contributed by atoms with Gasteiger partial charge in [0.05, 0.1) is 0 Å². The summed E-state index contributed by atoms with van der Waals surface area (Å²) in [6.07, 6.45) is 4.31. The number of pyridine rings is 1. The summed E-state index contributed by atoms with van der Waals surface area (Å²) in [6.45, 7) is 3.65. The molecule has 1 aromatic carbocycles. The Morgan fingerprint density at radius 1 is 1.14 bits per heavy atom. The van der Waals surface area contributed by atoms with Gasteiger partial charge in [0, 0.05) is 37.5 Å². The van der Waals surface area contributed by atoms with E-state index in [0.29, 0.717) is 0 Å². The average molecular weight is 374 g/mol. The fraction of sp³-hybridized carbons (Fsp3) is 0.333. The van der Waals surface area contributed by atoms with Crippen LogP contribution in [0.4, 0.5) is 11.5 Å². The molecule has 142 valence electrons. The zero-order valence-corrected chi connectivity index (χ0v) is 15.8. The summed E-state index contributed by atoms with van der Waals surface area (Å²) in [5, 5.41) is 11.3. The number of hydrogen-bond donors (Lipinski definition) is 1. The first-order chi connectivity index (χ1) is 13.7. The zero-order chi connectivity index (χ0) is 19.1. The van der Waals surface area contributed by atoms with Gasteiger partial charge in [-0.05, 0) is 37.0 Å². The fourth-order valence-corrected chi connectivity index (χ4v) is 4.22. The third-order valence-electron chi connectivity index (χ3n) is 5.66. The van der Waals surface area contributed by atoms with E-state index in [9.17, 15) is 4.79 Å². The molecule has 7 heteroatoms. The fourth-order valence-electron chi connectivity index (χ4n) is 4.22. The van der Waals surface area contributed by atoms with E-state index in [1.165, 1.54) is 11.1 Å². The molecule has 0 saturated carbocycles. The molecule has 0 saturated heterocycles. The second-order valence-corrected chi connectivity index (χ2v) is 7.42. The Hall–Kier alpha value is -3.22. The summed E-state index contributed by atoms with van der Waals surface area (Å²) in [5.41, 5.74) is 3.52. The van der Waals surface area contributed by atoms with Crippen LogP contribution in [0.3, 0.4) is 0 Å². The highest BCUT2D eigenvalue weighted by Gasteiger charge is 2.31. The van der Waals surface area contributed by atoms with E-state index in [0.717, 1.165) is 55.5 Å². The standard InChI is InChI=1S/C21H22N6O/c1-14-24-25-19-7-6-18(27(14)19)21(28)23-17-8-10-22-20(12-17)26-11-9-15-4-2-3-5-16(15)13-26/h2-5,8,10,12,18H,6-7,9,11,13H2,1H3,(H,22,23,28). The zero-order valence-electron chi connectivity index (χ0n) is 15.8. The number of amides is 1. The minimum Gasteiger partial charge on any atom is -0.352 e. The Bertz CT molecular complexity index is 1040. The molecule has 3 aromatic rings. The van der Waals surface area contributed by atoms with Gasteiger partial charge in [0.1, 0.15) is 23.5 Å². The van der Waals surface area contributed by atoms with Crippen molar-refractivity contribution in [3.63, 3.8) is 0 Å². The van der Waals surface area contributed by atoms with Gasteiger partial charge in [-0.1, -0.05) is 24.3 Å². The summed E-state index contributed by atoms with van der Waals surface area (Å²) >= 11 is 0. The predicted octanol–water partition coefficient (Wildman–Crippen LogP) is 2.67. The van der Waals surface area contributed by atoms with E-state index in [-0.39, 0.29) is 11.9 Å². The first kappa shape index (κ1) is 16.9. The van der Waals surface area contributed by atoms with Crippen LogP contribution in [-0.4, -0.2) is 32.2 Å². The molecule has 2 aliphatic heterocycles. The molecule has 4 heterocycles. The third kappa shape index (κ3) is 2.93. The Kier molecular flexibility index (Phi) is 4.07. The molecule has 7 nitrogen and oxygen atoms in total. The SMILES string of the molecule is Cc1nnc2n1C(C(=O)Nc1ccnc(N3CCc4ccccc4C3)c1)CC2. The van der Waals surface area contributed by atoms with Crippen molar-refractivity contribution in [1.82, 2.24) is 19.7 Å². The number of fused-ring (bicyclic) bond motifs is 2. The monoisotopic (exact) mass is 374 g/mol. The Morgan fingerprint density at radius 2 is 2.00 bits per heavy atom. The van der Waals surface area contributed by atoms with E-state index in [4.69, 9.17) is 0 Å². The number of anilines is 2. The molecule has 0 bridgehead atoms. The van der Waals surface area contributed by atoms with Crippen molar-refractivity contribution in [2.45, 2.75) is 38.8 Å². The highest BCUT2D eigenvalue weighted by Crippen LogP contribution is 2.28. The molecule has 5 rings (SSSR count). The van der Waals surface area contributed by atoms with Crippen molar-refractivity contribution >= 4 is 17.4 Å². The summed E-state index contributed by atoms with van der Waals surface area (Å²) < 4.78 is 1.94. The molecule has 2 aromatic heterocycles. The summed E-state index contributed by atoms with van der Waals surface area (Å²) in [7, 11) is 0. The molecule has 1 atom stereocenters. The van der Waals surface area contributed by atoms with Crippen LogP contribution in [0.1, 0.15) is 35.2 Å². The van der Waals surface area contributed by atoms with Crippen molar-refractivity contribution in [2.24, 2.45) is 0 Å². The minimum absolute atomic E-state index is 0.0252. The Balaban J connectivity index is 1.33. The number of carbonyl (C=O) groups excluding carboxylic acids is 1. The average Bonchev–Trinajstić information content (AvgIpc) is 3.31. The highest BCUT2D eigenvalue weighted by molar-refractivity contribution is 5.94. The van der Waals surface area contributed by atoms with E-state index in [2.05, 4.69) is 49.7 Å². The van der Waals surface area contributed by atoms with Gasteiger partial charge in [-0.2, -0.15) is 0 Å². The van der Waals surface area contributed by atoms with Gasteiger partial charge in [-0.15, -0.1) is 10.2 Å². The van der Waals surface area contributed by atoms with Gasteiger partial charge in [-0.3, -0.25) is 4.79 Å². The van der Waals surface area contributed by atoms with Crippen LogP contribution in [0.5, 0.6) is 0 Å². The summed E-state index contributed by atoms with van der Waals surface area (Å²) in [5.74, 6) is 2.54. The Morgan fingerprint density at radius 3 is 2.89 bits per heavy atom. The minimum atomic E-state index is -0.247. The maximum Gasteiger partial charge on any atom is 0.247 e. The highest BCUT2D eigenvalue weighted by atomic mass is 16.2. The number of rotatable bonds is 3. The van der Waals surface area contributed by atoms with Crippen LogP contribution < -0.4 is 10.2 Å². The molecule has 0 aliphatic carbocycles. The number of aromatic nitrogens is 4.